The van der Waals surface area contributed by atoms with E-state index in [9.17, 15) is 9.59 Å². The number of imidazole rings is 1. The minimum atomic E-state index is -0.488. The number of carbonyl (C=O) groups excluding carboxylic acids is 2. The molecule has 1 aliphatic rings. The van der Waals surface area contributed by atoms with Crippen LogP contribution in [0.4, 0.5) is 4.79 Å². The van der Waals surface area contributed by atoms with Gasteiger partial charge in [-0.15, -0.1) is 0 Å². The molecule has 0 atom stereocenters. The topological polar surface area (TPSA) is 86.0 Å². The van der Waals surface area contributed by atoms with Crippen molar-refractivity contribution in [2.75, 3.05) is 19.7 Å². The van der Waals surface area contributed by atoms with Crippen molar-refractivity contribution in [2.24, 2.45) is 0 Å². The predicted molar refractivity (Wildman–Crippen MR) is 98.7 cm³/mol. The number of nitrogens with zero attached hydrogens (tertiary/aromatic N) is 4. The largest absolute Gasteiger partial charge is 0.461 e. The molecule has 1 amide bonds. The lowest BCUT2D eigenvalue weighted by molar-refractivity contribution is 0.0203. The van der Waals surface area contributed by atoms with Crippen LogP contribution >= 0.6 is 0 Å². The molecule has 146 valence electrons. The first kappa shape index (κ1) is 19.1. The van der Waals surface area contributed by atoms with Crippen LogP contribution in [-0.4, -0.2) is 56.9 Å². The van der Waals surface area contributed by atoms with E-state index in [0.717, 1.165) is 18.5 Å². The summed E-state index contributed by atoms with van der Waals surface area (Å²) in [7, 11) is 0. The van der Waals surface area contributed by atoms with Crippen molar-refractivity contribution in [3.05, 3.63) is 29.7 Å². The summed E-state index contributed by atoms with van der Waals surface area (Å²) in [6, 6.07) is 3.79. The smallest absolute Gasteiger partial charge is 0.410 e. The van der Waals surface area contributed by atoms with E-state index in [2.05, 4.69) is 10.1 Å². The van der Waals surface area contributed by atoms with Crippen molar-refractivity contribution in [3.63, 3.8) is 0 Å². The van der Waals surface area contributed by atoms with Crippen LogP contribution in [-0.2, 0) is 9.47 Å². The molecule has 0 bridgehead atoms. The maximum Gasteiger partial charge on any atom is 0.410 e. The van der Waals surface area contributed by atoms with E-state index in [1.165, 1.54) is 0 Å². The number of likely N-dealkylation sites (tertiary alicyclic amines) is 1. The Hall–Kier alpha value is -2.64. The molecular formula is C19H26N4O4. The number of aromatic nitrogens is 3. The Balaban J connectivity index is 1.66. The molecule has 1 aliphatic heterocycles. The summed E-state index contributed by atoms with van der Waals surface area (Å²) in [6.07, 6.45) is 2.96. The molecule has 0 spiro atoms. The lowest BCUT2D eigenvalue weighted by atomic mass is 9.93. The van der Waals surface area contributed by atoms with Gasteiger partial charge in [-0.05, 0) is 52.7 Å². The SMILES string of the molecule is CCOC(=O)c1cn2nc(C3CCN(C(=O)OC(C)(C)C)CC3)ccc2n1. The number of piperidine rings is 1. The molecule has 3 rings (SSSR count). The third-order valence-electron chi connectivity index (χ3n) is 4.39. The second-order valence-corrected chi connectivity index (χ2v) is 7.65. The molecule has 2 aromatic heterocycles. The van der Waals surface area contributed by atoms with E-state index in [-0.39, 0.29) is 17.7 Å². The third-order valence-corrected chi connectivity index (χ3v) is 4.39. The Labute approximate surface area is 158 Å². The van der Waals surface area contributed by atoms with Crippen LogP contribution < -0.4 is 0 Å². The van der Waals surface area contributed by atoms with Gasteiger partial charge in [0.15, 0.2) is 11.3 Å². The normalized spacial score (nSPS) is 15.8. The van der Waals surface area contributed by atoms with Crippen molar-refractivity contribution < 1.29 is 19.1 Å². The highest BCUT2D eigenvalue weighted by Gasteiger charge is 2.28. The number of esters is 1. The fourth-order valence-corrected chi connectivity index (χ4v) is 3.10. The Kier molecular flexibility index (Phi) is 5.34. The molecule has 3 heterocycles. The van der Waals surface area contributed by atoms with Crippen LogP contribution in [0.15, 0.2) is 18.3 Å². The molecule has 0 aliphatic carbocycles. The monoisotopic (exact) mass is 374 g/mol. The fourth-order valence-electron chi connectivity index (χ4n) is 3.10. The zero-order valence-corrected chi connectivity index (χ0v) is 16.3. The lowest BCUT2D eigenvalue weighted by Crippen LogP contribution is -2.41. The third kappa shape index (κ3) is 4.56. The summed E-state index contributed by atoms with van der Waals surface area (Å²) in [6.45, 7) is 8.94. The van der Waals surface area contributed by atoms with E-state index >= 15 is 0 Å². The number of rotatable bonds is 3. The number of carbonyl (C=O) groups is 2. The minimum absolute atomic E-state index is 0.251. The molecule has 0 saturated carbocycles. The van der Waals surface area contributed by atoms with Gasteiger partial charge in [0, 0.05) is 19.0 Å². The second kappa shape index (κ2) is 7.54. The standard InChI is InChI=1S/C19H26N4O4/c1-5-26-17(24)15-12-23-16(20-15)7-6-14(21-23)13-8-10-22(11-9-13)18(25)27-19(2,3)4/h6-7,12-13H,5,8-11H2,1-4H3. The van der Waals surface area contributed by atoms with E-state index in [0.29, 0.717) is 25.3 Å². The summed E-state index contributed by atoms with van der Waals surface area (Å²) < 4.78 is 12.0. The zero-order chi connectivity index (χ0) is 19.6. The van der Waals surface area contributed by atoms with Crippen LogP contribution in [0.3, 0.4) is 0 Å². The highest BCUT2D eigenvalue weighted by Crippen LogP contribution is 2.27. The van der Waals surface area contributed by atoms with Gasteiger partial charge in [0.25, 0.3) is 0 Å². The molecule has 8 nitrogen and oxygen atoms in total. The van der Waals surface area contributed by atoms with E-state index in [1.54, 1.807) is 22.5 Å². The molecule has 2 aromatic rings. The first-order chi connectivity index (χ1) is 12.8. The Bertz CT molecular complexity index is 832. The summed E-state index contributed by atoms with van der Waals surface area (Å²) in [5.41, 5.74) is 1.30. The Morgan fingerprint density at radius 2 is 1.93 bits per heavy atom. The summed E-state index contributed by atoms with van der Waals surface area (Å²) >= 11 is 0. The summed E-state index contributed by atoms with van der Waals surface area (Å²) in [4.78, 5) is 30.0. The van der Waals surface area contributed by atoms with Crippen molar-refractivity contribution in [2.45, 2.75) is 52.1 Å². The van der Waals surface area contributed by atoms with Crippen molar-refractivity contribution in [3.8, 4) is 0 Å². The van der Waals surface area contributed by atoms with Crippen molar-refractivity contribution in [1.29, 1.82) is 0 Å². The van der Waals surface area contributed by atoms with Gasteiger partial charge in [0.05, 0.1) is 18.5 Å². The van der Waals surface area contributed by atoms with E-state index in [4.69, 9.17) is 9.47 Å². The van der Waals surface area contributed by atoms with Gasteiger partial charge in [0.1, 0.15) is 5.60 Å². The maximum absolute atomic E-state index is 12.2. The van der Waals surface area contributed by atoms with Gasteiger partial charge >= 0.3 is 12.1 Å². The first-order valence-corrected chi connectivity index (χ1v) is 9.28. The highest BCUT2D eigenvalue weighted by atomic mass is 16.6. The van der Waals surface area contributed by atoms with Crippen LogP contribution in [0.1, 0.15) is 62.6 Å². The maximum atomic E-state index is 12.2. The van der Waals surface area contributed by atoms with Gasteiger partial charge in [-0.25, -0.2) is 19.1 Å². The van der Waals surface area contributed by atoms with Gasteiger partial charge < -0.3 is 14.4 Å². The molecule has 0 unspecified atom stereocenters. The molecule has 1 saturated heterocycles. The fraction of sp³-hybridized carbons (Fsp3) is 0.579. The number of amides is 1. The van der Waals surface area contributed by atoms with Crippen molar-refractivity contribution in [1.82, 2.24) is 19.5 Å². The average molecular weight is 374 g/mol. The lowest BCUT2D eigenvalue weighted by Gasteiger charge is -2.33. The Morgan fingerprint density at radius 3 is 2.56 bits per heavy atom. The quantitative estimate of drug-likeness (QED) is 0.768. The summed E-state index contributed by atoms with van der Waals surface area (Å²) in [5, 5.41) is 4.60. The van der Waals surface area contributed by atoms with Gasteiger partial charge in [-0.1, -0.05) is 0 Å². The summed E-state index contributed by atoms with van der Waals surface area (Å²) in [5.74, 6) is -0.197. The molecule has 0 radical (unpaired) electrons. The van der Waals surface area contributed by atoms with Crippen LogP contribution in [0.5, 0.6) is 0 Å². The Morgan fingerprint density at radius 1 is 1.22 bits per heavy atom. The second-order valence-electron chi connectivity index (χ2n) is 7.65. The van der Waals surface area contributed by atoms with Crippen molar-refractivity contribution >= 4 is 17.7 Å². The first-order valence-electron chi connectivity index (χ1n) is 9.28. The van der Waals surface area contributed by atoms with E-state index < -0.39 is 11.6 Å². The molecule has 27 heavy (non-hydrogen) atoms. The number of fused-ring (bicyclic) bond motifs is 1. The molecule has 0 aromatic carbocycles. The molecule has 8 heteroatoms. The predicted octanol–water partition coefficient (Wildman–Crippen LogP) is 3.02. The van der Waals surface area contributed by atoms with Crippen LogP contribution in [0.25, 0.3) is 5.65 Å². The van der Waals surface area contributed by atoms with Crippen LogP contribution in [0, 0.1) is 0 Å². The zero-order valence-electron chi connectivity index (χ0n) is 16.3. The molecular weight excluding hydrogens is 348 g/mol. The number of ether oxygens (including phenoxy) is 2. The highest BCUT2D eigenvalue weighted by molar-refractivity contribution is 5.87. The number of hydrogen-bond donors (Lipinski definition) is 0. The average Bonchev–Trinajstić information content (AvgIpc) is 3.04. The minimum Gasteiger partial charge on any atom is -0.461 e. The number of hydrogen-bond acceptors (Lipinski definition) is 6. The van der Waals surface area contributed by atoms with Gasteiger partial charge in [-0.2, -0.15) is 5.10 Å². The molecule has 0 N–H and O–H groups in total. The van der Waals surface area contributed by atoms with E-state index in [1.807, 2.05) is 32.9 Å². The van der Waals surface area contributed by atoms with Gasteiger partial charge in [0.2, 0.25) is 0 Å². The van der Waals surface area contributed by atoms with Gasteiger partial charge in [-0.3, -0.25) is 0 Å². The molecule has 1 fully saturated rings. The van der Waals surface area contributed by atoms with Crippen LogP contribution in [0.2, 0.25) is 0 Å².